The number of nitriles is 2. The zero-order valence-corrected chi connectivity index (χ0v) is 13.3. The molecular weight excluding hydrogens is 318 g/mol. The van der Waals surface area contributed by atoms with Crippen LogP contribution in [0, 0.1) is 22.7 Å². The van der Waals surface area contributed by atoms with Gasteiger partial charge in [-0.2, -0.15) is 15.6 Å². The molecule has 0 atom stereocenters. The Bertz CT molecular complexity index is 1120. The molecule has 0 radical (unpaired) electrons. The van der Waals surface area contributed by atoms with Gasteiger partial charge in [-0.3, -0.25) is 10.2 Å². The van der Waals surface area contributed by atoms with Gasteiger partial charge in [-0.1, -0.05) is 0 Å². The number of nitrogens with one attached hydrogen (secondary N) is 2. The Hall–Kier alpha value is -3.84. The van der Waals surface area contributed by atoms with Crippen LogP contribution in [0.25, 0.3) is 21.8 Å². The average molecular weight is 331 g/mol. The maximum Gasteiger partial charge on any atom is 0.237 e. The molecule has 0 aliphatic carbocycles. The second kappa shape index (κ2) is 6.73. The molecule has 0 spiro atoms. The molecule has 1 aromatic heterocycles. The van der Waals surface area contributed by atoms with Gasteiger partial charge >= 0.3 is 0 Å². The van der Waals surface area contributed by atoms with Crippen molar-refractivity contribution in [2.45, 2.75) is 6.92 Å². The predicted molar refractivity (Wildman–Crippen MR) is 95.5 cm³/mol. The first-order chi connectivity index (χ1) is 12.2. The molecule has 0 amide bonds. The van der Waals surface area contributed by atoms with E-state index in [4.69, 9.17) is 15.3 Å². The maximum absolute atomic E-state index is 12.7. The molecule has 0 bridgehead atoms. The number of aromatic amines is 1. The number of ether oxygens (including phenoxy) is 1. The fourth-order valence-corrected chi connectivity index (χ4v) is 2.48. The number of hydrazone groups is 1. The van der Waals surface area contributed by atoms with Crippen LogP contribution in [-0.2, 0) is 0 Å². The van der Waals surface area contributed by atoms with Gasteiger partial charge in [0, 0.05) is 10.8 Å². The molecule has 3 aromatic rings. The Morgan fingerprint density at radius 2 is 1.96 bits per heavy atom. The lowest BCUT2D eigenvalue weighted by Crippen LogP contribution is -2.05. The molecule has 0 saturated carbocycles. The first-order valence-corrected chi connectivity index (χ1v) is 7.52. The molecule has 122 valence electrons. The highest BCUT2D eigenvalue weighted by Gasteiger charge is 2.07. The van der Waals surface area contributed by atoms with E-state index in [-0.39, 0.29) is 11.1 Å². The zero-order chi connectivity index (χ0) is 17.8. The number of anilines is 1. The van der Waals surface area contributed by atoms with Gasteiger partial charge in [-0.15, -0.1) is 0 Å². The molecule has 0 unspecified atom stereocenters. The summed E-state index contributed by atoms with van der Waals surface area (Å²) in [4.78, 5) is 15.9. The maximum atomic E-state index is 12.7. The van der Waals surface area contributed by atoms with Gasteiger partial charge in [0.15, 0.2) is 5.43 Å². The molecule has 0 aliphatic rings. The molecule has 2 N–H and O–H groups in total. The Morgan fingerprint density at radius 1 is 1.16 bits per heavy atom. The van der Waals surface area contributed by atoms with Crippen LogP contribution < -0.4 is 15.6 Å². The second-order valence-corrected chi connectivity index (χ2v) is 5.15. The quantitative estimate of drug-likeness (QED) is 0.433. The third-order valence-corrected chi connectivity index (χ3v) is 3.59. The topological polar surface area (TPSA) is 114 Å². The first kappa shape index (κ1) is 16.0. The van der Waals surface area contributed by atoms with Crippen molar-refractivity contribution in [2.75, 3.05) is 12.0 Å². The summed E-state index contributed by atoms with van der Waals surface area (Å²) < 4.78 is 5.45. The summed E-state index contributed by atoms with van der Waals surface area (Å²) in [5, 5.41) is 22.1. The van der Waals surface area contributed by atoms with E-state index >= 15 is 0 Å². The van der Waals surface area contributed by atoms with Crippen LogP contribution in [0.3, 0.4) is 0 Å². The van der Waals surface area contributed by atoms with Gasteiger partial charge in [0.25, 0.3) is 0 Å². The van der Waals surface area contributed by atoms with Crippen molar-refractivity contribution in [3.8, 4) is 17.9 Å². The van der Waals surface area contributed by atoms with Gasteiger partial charge in [-0.25, -0.2) is 0 Å². The van der Waals surface area contributed by atoms with E-state index in [9.17, 15) is 4.79 Å². The summed E-state index contributed by atoms with van der Waals surface area (Å²) in [7, 11) is 0. The van der Waals surface area contributed by atoms with Crippen molar-refractivity contribution >= 4 is 33.2 Å². The molecule has 7 nitrogen and oxygen atoms in total. The first-order valence-electron chi connectivity index (χ1n) is 7.52. The zero-order valence-electron chi connectivity index (χ0n) is 13.3. The van der Waals surface area contributed by atoms with E-state index in [1.807, 2.05) is 6.92 Å². The monoisotopic (exact) mass is 331 g/mol. The molecule has 0 aliphatic heterocycles. The summed E-state index contributed by atoms with van der Waals surface area (Å²) in [5.41, 5.74) is 4.12. The summed E-state index contributed by atoms with van der Waals surface area (Å²) in [5.74, 6) is 0.646. The van der Waals surface area contributed by atoms with E-state index in [1.165, 1.54) is 0 Å². The Kier molecular flexibility index (Phi) is 4.32. The van der Waals surface area contributed by atoms with Crippen molar-refractivity contribution in [2.24, 2.45) is 5.10 Å². The van der Waals surface area contributed by atoms with E-state index < -0.39 is 0 Å². The van der Waals surface area contributed by atoms with Gasteiger partial charge in [0.2, 0.25) is 5.71 Å². The second-order valence-electron chi connectivity index (χ2n) is 5.15. The number of fused-ring (bicyclic) bond motifs is 2. The predicted octanol–water partition coefficient (Wildman–Crippen LogP) is 2.90. The lowest BCUT2D eigenvalue weighted by atomic mass is 10.1. The molecular formula is C18H13N5O2. The summed E-state index contributed by atoms with van der Waals surface area (Å²) >= 11 is 0. The average Bonchev–Trinajstić information content (AvgIpc) is 2.63. The summed E-state index contributed by atoms with van der Waals surface area (Å²) in [6, 6.07) is 13.7. The molecule has 3 rings (SSSR count). The standard InChI is InChI=1S/C18H13N5O2/c1-2-25-13-4-6-16-15(8-13)18(24)14-5-3-11(7-17(14)21-16)22-23-12(9-19)10-20/h3-8,22H,2H2,1H3,(H,21,24). The number of aromatic nitrogens is 1. The van der Waals surface area contributed by atoms with Crippen LogP contribution in [-0.4, -0.2) is 17.3 Å². The fraction of sp³-hybridized carbons (Fsp3) is 0.111. The normalized spacial score (nSPS) is 10.0. The van der Waals surface area contributed by atoms with Crippen LogP contribution in [0.1, 0.15) is 6.92 Å². The minimum Gasteiger partial charge on any atom is -0.494 e. The number of hydrogen-bond donors (Lipinski definition) is 2. The smallest absolute Gasteiger partial charge is 0.237 e. The molecule has 0 saturated heterocycles. The van der Waals surface area contributed by atoms with Crippen LogP contribution >= 0.6 is 0 Å². The highest BCUT2D eigenvalue weighted by Crippen LogP contribution is 2.22. The van der Waals surface area contributed by atoms with Gasteiger partial charge in [-0.05, 0) is 43.3 Å². The van der Waals surface area contributed by atoms with Crippen molar-refractivity contribution in [1.29, 1.82) is 10.5 Å². The highest BCUT2D eigenvalue weighted by molar-refractivity contribution is 6.10. The van der Waals surface area contributed by atoms with Crippen LogP contribution in [0.15, 0.2) is 46.3 Å². The Balaban J connectivity index is 2.09. The van der Waals surface area contributed by atoms with Crippen molar-refractivity contribution < 1.29 is 4.74 Å². The third-order valence-electron chi connectivity index (χ3n) is 3.59. The van der Waals surface area contributed by atoms with Crippen molar-refractivity contribution in [3.63, 3.8) is 0 Å². The highest BCUT2D eigenvalue weighted by atomic mass is 16.5. The SMILES string of the molecule is CCOc1ccc2[nH]c3cc(NN=C(C#N)C#N)ccc3c(=O)c2c1. The lowest BCUT2D eigenvalue weighted by molar-refractivity contribution is 0.340. The minimum atomic E-state index is -0.282. The van der Waals surface area contributed by atoms with E-state index in [0.29, 0.717) is 39.8 Å². The number of rotatable bonds is 4. The minimum absolute atomic E-state index is 0.102. The van der Waals surface area contributed by atoms with Gasteiger partial charge in [0.05, 0.1) is 23.3 Å². The van der Waals surface area contributed by atoms with Crippen molar-refractivity contribution in [3.05, 3.63) is 46.6 Å². The molecule has 7 heteroatoms. The lowest BCUT2D eigenvalue weighted by Gasteiger charge is -2.07. The molecule has 0 fully saturated rings. The number of nitrogens with zero attached hydrogens (tertiary/aromatic N) is 3. The Labute approximate surface area is 142 Å². The van der Waals surface area contributed by atoms with E-state index in [2.05, 4.69) is 15.5 Å². The number of pyridine rings is 1. The van der Waals surface area contributed by atoms with Gasteiger partial charge < -0.3 is 9.72 Å². The number of hydrogen-bond acceptors (Lipinski definition) is 6. The van der Waals surface area contributed by atoms with Crippen LogP contribution in [0.2, 0.25) is 0 Å². The molecule has 25 heavy (non-hydrogen) atoms. The van der Waals surface area contributed by atoms with Crippen molar-refractivity contribution in [1.82, 2.24) is 4.98 Å². The van der Waals surface area contributed by atoms with Crippen LogP contribution in [0.4, 0.5) is 5.69 Å². The number of H-pyrrole nitrogens is 1. The van der Waals surface area contributed by atoms with Gasteiger partial charge in [0.1, 0.15) is 17.9 Å². The Morgan fingerprint density at radius 3 is 2.68 bits per heavy atom. The number of benzene rings is 2. The third kappa shape index (κ3) is 3.12. The summed E-state index contributed by atoms with van der Waals surface area (Å²) in [6.07, 6.45) is 0. The summed E-state index contributed by atoms with van der Waals surface area (Å²) in [6.45, 7) is 2.41. The van der Waals surface area contributed by atoms with E-state index in [1.54, 1.807) is 48.5 Å². The van der Waals surface area contributed by atoms with E-state index in [0.717, 1.165) is 0 Å². The molecule has 2 aromatic carbocycles. The molecule has 1 heterocycles. The van der Waals surface area contributed by atoms with Crippen LogP contribution in [0.5, 0.6) is 5.75 Å². The largest absolute Gasteiger partial charge is 0.494 e. The fourth-order valence-electron chi connectivity index (χ4n) is 2.48.